The smallest absolute Gasteiger partial charge is 0.407 e. The lowest BCUT2D eigenvalue weighted by molar-refractivity contribution is 0.0527. The maximum Gasteiger partial charge on any atom is 0.407 e. The quantitative estimate of drug-likeness (QED) is 0.718. The van der Waals surface area contributed by atoms with E-state index in [-0.39, 0.29) is 6.09 Å². The number of fused-ring (bicyclic) bond motifs is 1. The van der Waals surface area contributed by atoms with E-state index in [0.29, 0.717) is 6.54 Å². The van der Waals surface area contributed by atoms with Crippen LogP contribution in [0.1, 0.15) is 32.8 Å². The summed E-state index contributed by atoms with van der Waals surface area (Å²) in [7, 11) is 0. The standard InChI is InChI=1S/C17H25N3O2/c1-17(2,3)22-16(21)20-9-4-8-18-12-13-5-6-15-14(11-13)7-10-19-15/h5-7,10-11,18-19H,4,8-9,12H2,1-3H3,(H,20,21). The van der Waals surface area contributed by atoms with Gasteiger partial charge in [-0.05, 0) is 62.9 Å². The Morgan fingerprint density at radius 3 is 2.82 bits per heavy atom. The van der Waals surface area contributed by atoms with Gasteiger partial charge in [0.1, 0.15) is 5.60 Å². The van der Waals surface area contributed by atoms with Crippen LogP contribution in [0.15, 0.2) is 30.5 Å². The Hall–Kier alpha value is -2.01. The number of benzene rings is 1. The molecule has 120 valence electrons. The van der Waals surface area contributed by atoms with Crippen LogP contribution in [-0.2, 0) is 11.3 Å². The van der Waals surface area contributed by atoms with Crippen molar-refractivity contribution in [1.82, 2.24) is 15.6 Å². The van der Waals surface area contributed by atoms with E-state index >= 15 is 0 Å². The molecule has 5 heteroatoms. The summed E-state index contributed by atoms with van der Waals surface area (Å²) in [6.45, 7) is 7.85. The number of rotatable bonds is 6. The van der Waals surface area contributed by atoms with Crippen LogP contribution in [0.3, 0.4) is 0 Å². The Kier molecular flexibility index (Phi) is 5.44. The summed E-state index contributed by atoms with van der Waals surface area (Å²) in [5.41, 5.74) is 1.97. The zero-order valence-corrected chi connectivity index (χ0v) is 13.5. The number of amides is 1. The summed E-state index contributed by atoms with van der Waals surface area (Å²) in [5.74, 6) is 0. The van der Waals surface area contributed by atoms with E-state index in [9.17, 15) is 4.79 Å². The van der Waals surface area contributed by atoms with Gasteiger partial charge in [-0.25, -0.2) is 4.79 Å². The summed E-state index contributed by atoms with van der Waals surface area (Å²) in [6.07, 6.45) is 2.46. The Morgan fingerprint density at radius 1 is 1.23 bits per heavy atom. The van der Waals surface area contributed by atoms with Gasteiger partial charge in [-0.3, -0.25) is 0 Å². The van der Waals surface area contributed by atoms with Crippen LogP contribution in [0, 0.1) is 0 Å². The molecule has 0 spiro atoms. The summed E-state index contributed by atoms with van der Waals surface area (Å²) in [4.78, 5) is 14.6. The van der Waals surface area contributed by atoms with Crippen molar-refractivity contribution in [3.05, 3.63) is 36.0 Å². The number of ether oxygens (including phenoxy) is 1. The van der Waals surface area contributed by atoms with Crippen LogP contribution < -0.4 is 10.6 Å². The van der Waals surface area contributed by atoms with Gasteiger partial charge in [-0.15, -0.1) is 0 Å². The SMILES string of the molecule is CC(C)(C)OC(=O)NCCCNCc1ccc2[nH]ccc2c1. The molecule has 1 aromatic carbocycles. The zero-order chi connectivity index (χ0) is 16.0. The maximum atomic E-state index is 11.5. The first kappa shape index (κ1) is 16.4. The number of hydrogen-bond donors (Lipinski definition) is 3. The summed E-state index contributed by atoms with van der Waals surface area (Å²) in [6, 6.07) is 8.46. The molecule has 0 radical (unpaired) electrons. The van der Waals surface area contributed by atoms with E-state index in [2.05, 4.69) is 39.9 Å². The highest BCUT2D eigenvalue weighted by molar-refractivity contribution is 5.79. The van der Waals surface area contributed by atoms with Gasteiger partial charge in [0.25, 0.3) is 0 Å². The molecule has 2 rings (SSSR count). The molecule has 0 aliphatic heterocycles. The predicted octanol–water partition coefficient (Wildman–Crippen LogP) is 3.17. The third-order valence-corrected chi connectivity index (χ3v) is 3.15. The lowest BCUT2D eigenvalue weighted by Crippen LogP contribution is -2.33. The van der Waals surface area contributed by atoms with Gasteiger partial charge in [0.05, 0.1) is 0 Å². The monoisotopic (exact) mass is 303 g/mol. The van der Waals surface area contributed by atoms with Crippen LogP contribution in [0.4, 0.5) is 4.79 Å². The van der Waals surface area contributed by atoms with Crippen molar-refractivity contribution >= 4 is 17.0 Å². The molecule has 0 atom stereocenters. The first-order valence-corrected chi connectivity index (χ1v) is 7.68. The Morgan fingerprint density at radius 2 is 2.05 bits per heavy atom. The van der Waals surface area contributed by atoms with E-state index in [1.54, 1.807) is 0 Å². The molecule has 0 saturated carbocycles. The fraction of sp³-hybridized carbons (Fsp3) is 0.471. The third kappa shape index (κ3) is 5.41. The molecule has 0 bridgehead atoms. The van der Waals surface area contributed by atoms with Gasteiger partial charge in [-0.2, -0.15) is 0 Å². The van der Waals surface area contributed by atoms with Crippen LogP contribution in [0.5, 0.6) is 0 Å². The second kappa shape index (κ2) is 7.31. The molecule has 1 aromatic heterocycles. The average Bonchev–Trinajstić information content (AvgIpc) is 2.88. The number of alkyl carbamates (subject to hydrolysis) is 1. The fourth-order valence-electron chi connectivity index (χ4n) is 2.16. The minimum Gasteiger partial charge on any atom is -0.444 e. The molecule has 1 amide bonds. The number of aromatic nitrogens is 1. The third-order valence-electron chi connectivity index (χ3n) is 3.15. The fourth-order valence-corrected chi connectivity index (χ4v) is 2.16. The molecular weight excluding hydrogens is 278 g/mol. The molecule has 0 fully saturated rings. The van der Waals surface area contributed by atoms with E-state index in [1.807, 2.05) is 27.0 Å². The minimum atomic E-state index is -0.445. The molecule has 0 saturated heterocycles. The minimum absolute atomic E-state index is 0.356. The first-order valence-electron chi connectivity index (χ1n) is 7.68. The van der Waals surface area contributed by atoms with Crippen LogP contribution in [0.25, 0.3) is 10.9 Å². The Labute approximate surface area is 131 Å². The maximum absolute atomic E-state index is 11.5. The van der Waals surface area contributed by atoms with E-state index in [0.717, 1.165) is 25.0 Å². The van der Waals surface area contributed by atoms with Gasteiger partial charge in [0, 0.05) is 24.8 Å². The second-order valence-corrected chi connectivity index (χ2v) is 6.36. The van der Waals surface area contributed by atoms with Gasteiger partial charge in [0.2, 0.25) is 0 Å². The topological polar surface area (TPSA) is 66.2 Å². The van der Waals surface area contributed by atoms with Crippen LogP contribution in [-0.4, -0.2) is 29.8 Å². The molecule has 2 aromatic rings. The van der Waals surface area contributed by atoms with Crippen molar-refractivity contribution < 1.29 is 9.53 Å². The van der Waals surface area contributed by atoms with Crippen LogP contribution in [0.2, 0.25) is 0 Å². The lowest BCUT2D eigenvalue weighted by atomic mass is 10.1. The van der Waals surface area contributed by atoms with Gasteiger partial charge < -0.3 is 20.4 Å². The molecule has 1 heterocycles. The number of nitrogens with one attached hydrogen (secondary N) is 3. The van der Waals surface area contributed by atoms with Crippen molar-refractivity contribution in [3.8, 4) is 0 Å². The number of hydrogen-bond acceptors (Lipinski definition) is 3. The van der Waals surface area contributed by atoms with Crippen molar-refractivity contribution in [2.75, 3.05) is 13.1 Å². The second-order valence-electron chi connectivity index (χ2n) is 6.36. The number of aromatic amines is 1. The molecule has 3 N–H and O–H groups in total. The van der Waals surface area contributed by atoms with E-state index < -0.39 is 5.60 Å². The molecule has 22 heavy (non-hydrogen) atoms. The van der Waals surface area contributed by atoms with E-state index in [4.69, 9.17) is 4.74 Å². The van der Waals surface area contributed by atoms with Gasteiger partial charge in [0.15, 0.2) is 0 Å². The largest absolute Gasteiger partial charge is 0.444 e. The van der Waals surface area contributed by atoms with Gasteiger partial charge in [-0.1, -0.05) is 6.07 Å². The van der Waals surface area contributed by atoms with Crippen molar-refractivity contribution in [2.24, 2.45) is 0 Å². The number of H-pyrrole nitrogens is 1. The van der Waals surface area contributed by atoms with Gasteiger partial charge >= 0.3 is 6.09 Å². The highest BCUT2D eigenvalue weighted by Gasteiger charge is 2.15. The lowest BCUT2D eigenvalue weighted by Gasteiger charge is -2.19. The normalized spacial score (nSPS) is 11.6. The Bertz CT molecular complexity index is 614. The highest BCUT2D eigenvalue weighted by Crippen LogP contribution is 2.13. The molecule has 5 nitrogen and oxygen atoms in total. The highest BCUT2D eigenvalue weighted by atomic mass is 16.6. The first-order chi connectivity index (χ1) is 10.4. The zero-order valence-electron chi connectivity index (χ0n) is 13.5. The summed E-state index contributed by atoms with van der Waals surface area (Å²) < 4.78 is 5.17. The summed E-state index contributed by atoms with van der Waals surface area (Å²) in [5, 5.41) is 7.36. The molecule has 0 unspecified atom stereocenters. The molecule has 0 aliphatic rings. The van der Waals surface area contributed by atoms with E-state index in [1.165, 1.54) is 10.9 Å². The molecule has 0 aliphatic carbocycles. The molecular formula is C17H25N3O2. The predicted molar refractivity (Wildman–Crippen MR) is 88.9 cm³/mol. The number of carbonyl (C=O) groups excluding carboxylic acids is 1. The van der Waals surface area contributed by atoms with Crippen molar-refractivity contribution in [1.29, 1.82) is 0 Å². The average molecular weight is 303 g/mol. The summed E-state index contributed by atoms with van der Waals surface area (Å²) >= 11 is 0. The van der Waals surface area contributed by atoms with Crippen molar-refractivity contribution in [3.63, 3.8) is 0 Å². The number of carbonyl (C=O) groups is 1. The van der Waals surface area contributed by atoms with Crippen LogP contribution >= 0.6 is 0 Å². The Balaban J connectivity index is 1.60. The van der Waals surface area contributed by atoms with Crippen molar-refractivity contribution in [2.45, 2.75) is 39.3 Å².